The summed E-state index contributed by atoms with van der Waals surface area (Å²) in [6, 6.07) is 3.94. The van der Waals surface area contributed by atoms with Crippen LogP contribution in [0, 0.1) is 6.92 Å². The highest BCUT2D eigenvalue weighted by Crippen LogP contribution is 2.16. The summed E-state index contributed by atoms with van der Waals surface area (Å²) in [5.74, 6) is 0.953. The first kappa shape index (κ1) is 13.7. The number of nitrogens with one attached hydrogen (secondary N) is 1. The molecule has 1 aromatic rings. The summed E-state index contributed by atoms with van der Waals surface area (Å²) in [4.78, 5) is 18.0. The summed E-state index contributed by atoms with van der Waals surface area (Å²) < 4.78 is 0. The standard InChI is InChI=1S/C13H18N4OS/c1-8-5-9(13(14)19)6-11(15-8)16-10-3-4-12(18)17(2)7-10/h5-6,10H,3-4,7H2,1-2H3,(H2,14,19)(H,15,16). The summed E-state index contributed by atoms with van der Waals surface area (Å²) in [5.41, 5.74) is 7.33. The van der Waals surface area contributed by atoms with Gasteiger partial charge < -0.3 is 16.0 Å². The minimum Gasteiger partial charge on any atom is -0.389 e. The van der Waals surface area contributed by atoms with Gasteiger partial charge in [-0.15, -0.1) is 0 Å². The highest BCUT2D eigenvalue weighted by molar-refractivity contribution is 7.80. The Bertz CT molecular complexity index is 517. The van der Waals surface area contributed by atoms with Gasteiger partial charge in [0.1, 0.15) is 10.8 Å². The smallest absolute Gasteiger partial charge is 0.222 e. The lowest BCUT2D eigenvalue weighted by Crippen LogP contribution is -2.43. The summed E-state index contributed by atoms with van der Waals surface area (Å²) in [6.45, 7) is 2.60. The maximum atomic E-state index is 11.4. The molecule has 5 nitrogen and oxygen atoms in total. The Balaban J connectivity index is 2.11. The van der Waals surface area contributed by atoms with Crippen LogP contribution in [-0.4, -0.2) is 40.4 Å². The molecular formula is C13H18N4OS. The van der Waals surface area contributed by atoms with Crippen LogP contribution in [0.15, 0.2) is 12.1 Å². The molecule has 1 unspecified atom stereocenters. The lowest BCUT2D eigenvalue weighted by molar-refractivity contribution is -0.132. The van der Waals surface area contributed by atoms with Crippen molar-refractivity contribution < 1.29 is 4.79 Å². The van der Waals surface area contributed by atoms with Gasteiger partial charge in [0.05, 0.1) is 0 Å². The number of aryl methyl sites for hydroxylation is 1. The normalized spacial score (nSPS) is 19.4. The van der Waals surface area contributed by atoms with Gasteiger partial charge in [-0.25, -0.2) is 4.98 Å². The van der Waals surface area contributed by atoms with E-state index in [1.54, 1.807) is 4.90 Å². The molecule has 0 aromatic carbocycles. The van der Waals surface area contributed by atoms with Gasteiger partial charge in [0.15, 0.2) is 0 Å². The zero-order chi connectivity index (χ0) is 14.0. The van der Waals surface area contributed by atoms with E-state index in [0.717, 1.165) is 23.5 Å². The highest BCUT2D eigenvalue weighted by atomic mass is 32.1. The zero-order valence-electron chi connectivity index (χ0n) is 11.1. The Kier molecular flexibility index (Phi) is 3.99. The molecule has 0 aliphatic carbocycles. The van der Waals surface area contributed by atoms with Gasteiger partial charge in [0.25, 0.3) is 0 Å². The van der Waals surface area contributed by atoms with Crippen molar-refractivity contribution in [3.8, 4) is 0 Å². The monoisotopic (exact) mass is 278 g/mol. The van der Waals surface area contributed by atoms with Crippen LogP contribution in [0.1, 0.15) is 24.1 Å². The molecule has 1 amide bonds. The van der Waals surface area contributed by atoms with Crippen LogP contribution in [0.5, 0.6) is 0 Å². The molecule has 2 heterocycles. The van der Waals surface area contributed by atoms with Crippen LogP contribution in [-0.2, 0) is 4.79 Å². The summed E-state index contributed by atoms with van der Waals surface area (Å²) >= 11 is 4.99. The van der Waals surface area contributed by atoms with E-state index < -0.39 is 0 Å². The van der Waals surface area contributed by atoms with Crippen LogP contribution >= 0.6 is 12.2 Å². The molecule has 1 saturated heterocycles. The van der Waals surface area contributed by atoms with Crippen molar-refractivity contribution in [1.29, 1.82) is 0 Å². The number of anilines is 1. The molecule has 0 radical (unpaired) electrons. The molecule has 19 heavy (non-hydrogen) atoms. The third-order valence-corrected chi connectivity index (χ3v) is 3.45. The Labute approximate surface area is 118 Å². The quantitative estimate of drug-likeness (QED) is 0.809. The van der Waals surface area contributed by atoms with Gasteiger partial charge in [-0.2, -0.15) is 0 Å². The van der Waals surface area contributed by atoms with Crippen molar-refractivity contribution in [2.75, 3.05) is 18.9 Å². The summed E-state index contributed by atoms with van der Waals surface area (Å²) in [5, 5.41) is 3.35. The van der Waals surface area contributed by atoms with Crippen molar-refractivity contribution in [2.24, 2.45) is 5.73 Å². The molecule has 3 N–H and O–H groups in total. The van der Waals surface area contributed by atoms with Crippen molar-refractivity contribution in [1.82, 2.24) is 9.88 Å². The van der Waals surface area contributed by atoms with Gasteiger partial charge in [-0.1, -0.05) is 12.2 Å². The second-order valence-corrected chi connectivity index (χ2v) is 5.34. The number of likely N-dealkylation sites (tertiary alicyclic amines) is 1. The molecule has 1 aliphatic heterocycles. The number of carbonyl (C=O) groups excluding carboxylic acids is 1. The maximum Gasteiger partial charge on any atom is 0.222 e. The van der Waals surface area contributed by atoms with E-state index in [1.807, 2.05) is 26.1 Å². The topological polar surface area (TPSA) is 71.2 Å². The van der Waals surface area contributed by atoms with Crippen molar-refractivity contribution >= 4 is 28.9 Å². The van der Waals surface area contributed by atoms with Gasteiger partial charge in [0, 0.05) is 37.3 Å². The Morgan fingerprint density at radius 2 is 2.32 bits per heavy atom. The first-order chi connectivity index (χ1) is 8.95. The largest absolute Gasteiger partial charge is 0.389 e. The van der Waals surface area contributed by atoms with Crippen molar-refractivity contribution in [2.45, 2.75) is 25.8 Å². The molecule has 102 valence electrons. The predicted octanol–water partition coefficient (Wildman–Crippen LogP) is 1.06. The second kappa shape index (κ2) is 5.52. The molecule has 2 rings (SSSR count). The number of hydrogen-bond donors (Lipinski definition) is 2. The minimum absolute atomic E-state index is 0.194. The fraction of sp³-hybridized carbons (Fsp3) is 0.462. The van der Waals surface area contributed by atoms with Crippen LogP contribution < -0.4 is 11.1 Å². The lowest BCUT2D eigenvalue weighted by atomic mass is 10.1. The molecule has 1 atom stereocenters. The molecular weight excluding hydrogens is 260 g/mol. The maximum absolute atomic E-state index is 11.4. The average Bonchev–Trinajstić information content (AvgIpc) is 2.33. The van der Waals surface area contributed by atoms with Gasteiger partial charge in [0.2, 0.25) is 5.91 Å². The molecule has 6 heteroatoms. The summed E-state index contributed by atoms with van der Waals surface area (Å²) in [6.07, 6.45) is 1.39. The van der Waals surface area contributed by atoms with Gasteiger partial charge in [-0.05, 0) is 25.5 Å². The fourth-order valence-electron chi connectivity index (χ4n) is 2.22. The number of aromatic nitrogens is 1. The first-order valence-electron chi connectivity index (χ1n) is 6.24. The number of thiocarbonyl (C=S) groups is 1. The zero-order valence-corrected chi connectivity index (χ0v) is 12.0. The molecule has 0 bridgehead atoms. The number of amides is 1. The van der Waals surface area contributed by atoms with Crippen LogP contribution in [0.25, 0.3) is 0 Å². The van der Waals surface area contributed by atoms with Crippen molar-refractivity contribution in [3.05, 3.63) is 23.4 Å². The number of rotatable bonds is 3. The molecule has 1 aliphatic rings. The summed E-state index contributed by atoms with van der Waals surface area (Å²) in [7, 11) is 1.82. The first-order valence-corrected chi connectivity index (χ1v) is 6.65. The molecule has 1 aromatic heterocycles. The highest BCUT2D eigenvalue weighted by Gasteiger charge is 2.22. The van der Waals surface area contributed by atoms with E-state index >= 15 is 0 Å². The SMILES string of the molecule is Cc1cc(C(N)=S)cc(NC2CCC(=O)N(C)C2)n1. The minimum atomic E-state index is 0.194. The van der Waals surface area contributed by atoms with E-state index in [-0.39, 0.29) is 11.9 Å². The lowest BCUT2D eigenvalue weighted by Gasteiger charge is -2.30. The number of likely N-dealkylation sites (N-methyl/N-ethyl adjacent to an activating group) is 1. The third-order valence-electron chi connectivity index (χ3n) is 3.22. The molecule has 0 spiro atoms. The molecule has 0 saturated carbocycles. The number of piperidine rings is 1. The number of hydrogen-bond acceptors (Lipinski definition) is 4. The Morgan fingerprint density at radius 1 is 1.58 bits per heavy atom. The van der Waals surface area contributed by atoms with Crippen LogP contribution in [0.3, 0.4) is 0 Å². The van der Waals surface area contributed by atoms with E-state index in [4.69, 9.17) is 18.0 Å². The second-order valence-electron chi connectivity index (χ2n) is 4.90. The van der Waals surface area contributed by atoms with E-state index in [1.165, 1.54) is 0 Å². The van der Waals surface area contributed by atoms with Crippen LogP contribution in [0.4, 0.5) is 5.82 Å². The Morgan fingerprint density at radius 3 is 2.95 bits per heavy atom. The third kappa shape index (κ3) is 3.41. The number of nitrogens with two attached hydrogens (primary N) is 1. The van der Waals surface area contributed by atoms with E-state index in [2.05, 4.69) is 10.3 Å². The number of nitrogens with zero attached hydrogens (tertiary/aromatic N) is 2. The van der Waals surface area contributed by atoms with Crippen molar-refractivity contribution in [3.63, 3.8) is 0 Å². The van der Waals surface area contributed by atoms with E-state index in [0.29, 0.717) is 18.0 Å². The van der Waals surface area contributed by atoms with Gasteiger partial charge >= 0.3 is 0 Å². The van der Waals surface area contributed by atoms with Crippen LogP contribution in [0.2, 0.25) is 0 Å². The molecule has 1 fully saturated rings. The van der Waals surface area contributed by atoms with Gasteiger partial charge in [-0.3, -0.25) is 4.79 Å². The Hall–Kier alpha value is -1.69. The number of carbonyl (C=O) groups is 1. The fourth-order valence-corrected chi connectivity index (χ4v) is 2.34. The van der Waals surface area contributed by atoms with E-state index in [9.17, 15) is 4.79 Å². The number of pyridine rings is 1. The average molecular weight is 278 g/mol. The predicted molar refractivity (Wildman–Crippen MR) is 79.1 cm³/mol.